The first-order valence-electron chi connectivity index (χ1n) is 3.74. The summed E-state index contributed by atoms with van der Waals surface area (Å²) in [5.74, 6) is -3.36. The van der Waals surface area contributed by atoms with Crippen LogP contribution in [0.3, 0.4) is 0 Å². The molecule has 0 spiro atoms. The average molecular weight is 147 g/mol. The van der Waals surface area contributed by atoms with Crippen LogP contribution in [0.25, 0.3) is 0 Å². The lowest BCUT2D eigenvalue weighted by atomic mass is 9.80. The second-order valence-corrected chi connectivity index (χ2v) is 3.24. The minimum atomic E-state index is -2.44. The summed E-state index contributed by atoms with van der Waals surface area (Å²) < 4.78 is 25.9. The van der Waals surface area contributed by atoms with E-state index in [1.54, 1.807) is 13.8 Å². The highest BCUT2D eigenvalue weighted by Crippen LogP contribution is 2.41. The molecule has 0 aromatic carbocycles. The Morgan fingerprint density at radius 2 is 1.60 bits per heavy atom. The van der Waals surface area contributed by atoms with Crippen LogP contribution in [0.4, 0.5) is 8.78 Å². The maximum atomic E-state index is 13.0. The highest BCUT2D eigenvalue weighted by Gasteiger charge is 2.44. The van der Waals surface area contributed by atoms with Gasteiger partial charge in [0.2, 0.25) is 0 Å². The zero-order valence-electron chi connectivity index (χ0n) is 6.40. The lowest BCUT2D eigenvalue weighted by Gasteiger charge is -2.33. The van der Waals surface area contributed by atoms with Crippen LogP contribution in [-0.2, 0) is 0 Å². The highest BCUT2D eigenvalue weighted by atomic mass is 19.3. The van der Waals surface area contributed by atoms with Gasteiger partial charge in [-0.1, -0.05) is 13.8 Å². The second kappa shape index (κ2) is 2.48. The van der Waals surface area contributed by atoms with E-state index in [2.05, 4.69) is 0 Å². The fourth-order valence-corrected chi connectivity index (χ4v) is 1.40. The van der Waals surface area contributed by atoms with Gasteiger partial charge in [0.25, 0.3) is 5.92 Å². The molecule has 1 radical (unpaired) electrons. The van der Waals surface area contributed by atoms with Crippen molar-refractivity contribution in [2.45, 2.75) is 32.6 Å². The van der Waals surface area contributed by atoms with Crippen molar-refractivity contribution in [1.82, 2.24) is 0 Å². The van der Waals surface area contributed by atoms with Crippen molar-refractivity contribution in [2.24, 2.45) is 11.8 Å². The van der Waals surface area contributed by atoms with E-state index >= 15 is 0 Å². The van der Waals surface area contributed by atoms with Gasteiger partial charge in [-0.25, -0.2) is 8.78 Å². The first-order chi connectivity index (χ1) is 4.55. The van der Waals surface area contributed by atoms with E-state index in [-0.39, 0.29) is 0 Å². The SMILES string of the molecule is CC1C[CH]CC(C)C1(F)F. The van der Waals surface area contributed by atoms with E-state index in [9.17, 15) is 8.78 Å². The summed E-state index contributed by atoms with van der Waals surface area (Å²) in [6.45, 7) is 3.23. The summed E-state index contributed by atoms with van der Waals surface area (Å²) >= 11 is 0. The molecule has 2 heteroatoms. The van der Waals surface area contributed by atoms with Crippen LogP contribution in [0.1, 0.15) is 26.7 Å². The predicted molar refractivity (Wildman–Crippen MR) is 36.8 cm³/mol. The molecule has 59 valence electrons. The monoisotopic (exact) mass is 147 g/mol. The largest absolute Gasteiger partial charge is 0.253 e. The maximum Gasteiger partial charge on any atom is 0.253 e. The Morgan fingerprint density at radius 3 is 1.90 bits per heavy atom. The van der Waals surface area contributed by atoms with Gasteiger partial charge in [-0.15, -0.1) is 0 Å². The molecule has 0 saturated heterocycles. The summed E-state index contributed by atoms with van der Waals surface area (Å²) in [5.41, 5.74) is 0. The van der Waals surface area contributed by atoms with Crippen LogP contribution in [0.2, 0.25) is 0 Å². The molecular formula is C8H13F2. The van der Waals surface area contributed by atoms with E-state index in [1.165, 1.54) is 0 Å². The summed E-state index contributed by atoms with van der Waals surface area (Å²) in [6.07, 6.45) is 3.10. The van der Waals surface area contributed by atoms with Crippen molar-refractivity contribution in [1.29, 1.82) is 0 Å². The minimum Gasteiger partial charge on any atom is -0.206 e. The van der Waals surface area contributed by atoms with Crippen LogP contribution in [0.15, 0.2) is 0 Å². The molecule has 0 N–H and O–H groups in total. The van der Waals surface area contributed by atoms with Crippen molar-refractivity contribution >= 4 is 0 Å². The normalized spacial score (nSPS) is 39.6. The highest BCUT2D eigenvalue weighted by molar-refractivity contribution is 4.91. The van der Waals surface area contributed by atoms with Crippen LogP contribution in [-0.4, -0.2) is 5.92 Å². The van der Waals surface area contributed by atoms with Crippen molar-refractivity contribution in [3.8, 4) is 0 Å². The molecule has 1 rings (SSSR count). The summed E-state index contributed by atoms with van der Waals surface area (Å²) in [7, 11) is 0. The first-order valence-corrected chi connectivity index (χ1v) is 3.74. The predicted octanol–water partition coefficient (Wildman–Crippen LogP) is 2.89. The lowest BCUT2D eigenvalue weighted by Crippen LogP contribution is -2.37. The van der Waals surface area contributed by atoms with Gasteiger partial charge in [0, 0.05) is 11.8 Å². The molecular weight excluding hydrogens is 134 g/mol. The first kappa shape index (κ1) is 7.96. The molecule has 0 aromatic rings. The number of rotatable bonds is 0. The quantitative estimate of drug-likeness (QED) is 0.494. The third-order valence-electron chi connectivity index (χ3n) is 2.35. The molecule has 0 aliphatic heterocycles. The lowest BCUT2D eigenvalue weighted by molar-refractivity contribution is -0.109. The minimum absolute atomic E-state index is 0.462. The van der Waals surface area contributed by atoms with Crippen LogP contribution in [0, 0.1) is 18.3 Å². The van der Waals surface area contributed by atoms with Crippen LogP contribution < -0.4 is 0 Å². The number of halogens is 2. The van der Waals surface area contributed by atoms with Gasteiger partial charge in [-0.2, -0.15) is 0 Å². The zero-order valence-corrected chi connectivity index (χ0v) is 6.40. The van der Waals surface area contributed by atoms with Gasteiger partial charge in [0.15, 0.2) is 0 Å². The molecule has 0 bridgehead atoms. The second-order valence-electron chi connectivity index (χ2n) is 3.24. The van der Waals surface area contributed by atoms with Crippen molar-refractivity contribution in [3.05, 3.63) is 6.42 Å². The van der Waals surface area contributed by atoms with Gasteiger partial charge in [-0.3, -0.25) is 0 Å². The van der Waals surface area contributed by atoms with Gasteiger partial charge < -0.3 is 0 Å². The molecule has 0 heterocycles. The molecule has 0 aromatic heterocycles. The number of hydrogen-bond acceptors (Lipinski definition) is 0. The zero-order chi connectivity index (χ0) is 7.78. The average Bonchev–Trinajstić information content (AvgIpc) is 1.84. The molecule has 1 aliphatic carbocycles. The Bertz CT molecular complexity index is 108. The Balaban J connectivity index is 2.63. The molecule has 1 fully saturated rings. The van der Waals surface area contributed by atoms with Crippen molar-refractivity contribution < 1.29 is 8.78 Å². The Kier molecular flexibility index (Phi) is 1.97. The van der Waals surface area contributed by atoms with E-state index in [4.69, 9.17) is 0 Å². The smallest absolute Gasteiger partial charge is 0.206 e. The summed E-state index contributed by atoms with van der Waals surface area (Å²) in [4.78, 5) is 0. The van der Waals surface area contributed by atoms with Crippen molar-refractivity contribution in [3.63, 3.8) is 0 Å². The molecule has 10 heavy (non-hydrogen) atoms. The Hall–Kier alpha value is -0.140. The van der Waals surface area contributed by atoms with E-state index in [1.807, 2.05) is 6.42 Å². The topological polar surface area (TPSA) is 0 Å². The third kappa shape index (κ3) is 1.16. The van der Waals surface area contributed by atoms with E-state index in [0.29, 0.717) is 12.8 Å². The Labute approximate surface area is 60.6 Å². The fourth-order valence-electron chi connectivity index (χ4n) is 1.40. The van der Waals surface area contributed by atoms with Crippen LogP contribution >= 0.6 is 0 Å². The molecule has 1 aliphatic rings. The van der Waals surface area contributed by atoms with E-state index in [0.717, 1.165) is 0 Å². The van der Waals surface area contributed by atoms with Crippen molar-refractivity contribution in [2.75, 3.05) is 0 Å². The molecule has 1 saturated carbocycles. The van der Waals surface area contributed by atoms with Crippen LogP contribution in [0.5, 0.6) is 0 Å². The molecule has 2 atom stereocenters. The summed E-state index contributed by atoms with van der Waals surface area (Å²) in [6, 6.07) is 0. The fraction of sp³-hybridized carbons (Fsp3) is 0.875. The molecule has 0 amide bonds. The molecule has 2 unspecified atom stereocenters. The van der Waals surface area contributed by atoms with E-state index < -0.39 is 17.8 Å². The van der Waals surface area contributed by atoms with Gasteiger partial charge in [-0.05, 0) is 19.3 Å². The van der Waals surface area contributed by atoms with Gasteiger partial charge in [0.05, 0.1) is 0 Å². The maximum absolute atomic E-state index is 13.0. The molecule has 0 nitrogen and oxygen atoms in total. The summed E-state index contributed by atoms with van der Waals surface area (Å²) in [5, 5.41) is 0. The number of hydrogen-bond donors (Lipinski definition) is 0. The standard InChI is InChI=1S/C8H13F2/c1-6-4-3-5-7(2)8(6,9)10/h3,6-7H,4-5H2,1-2H3. The number of alkyl halides is 2. The third-order valence-corrected chi connectivity index (χ3v) is 2.35. The van der Waals surface area contributed by atoms with Gasteiger partial charge >= 0.3 is 0 Å². The Morgan fingerprint density at radius 1 is 1.20 bits per heavy atom. The van der Waals surface area contributed by atoms with Gasteiger partial charge in [0.1, 0.15) is 0 Å².